The number of ether oxygens (including phenoxy) is 1. The molecule has 0 aromatic heterocycles. The van der Waals surface area contributed by atoms with E-state index in [9.17, 15) is 13.8 Å². The summed E-state index contributed by atoms with van der Waals surface area (Å²) in [5, 5.41) is 2.87. The Bertz CT molecular complexity index is 772. The third-order valence-electron chi connectivity index (χ3n) is 5.01. The molecule has 1 aromatic carbocycles. The molecular weight excluding hydrogens is 414 g/mol. The van der Waals surface area contributed by atoms with Crippen LogP contribution in [-0.2, 0) is 15.8 Å². The van der Waals surface area contributed by atoms with Crippen LogP contribution in [0.25, 0.3) is 0 Å². The Hall–Kier alpha value is -1.64. The maximum atomic E-state index is 12.4. The minimum absolute atomic E-state index is 0.114. The Morgan fingerprint density at radius 2 is 2.07 bits per heavy atom. The van der Waals surface area contributed by atoms with Crippen molar-refractivity contribution in [1.29, 1.82) is 0 Å². The van der Waals surface area contributed by atoms with Crippen LogP contribution in [0.1, 0.15) is 50.6 Å². The molecule has 3 rings (SSSR count). The van der Waals surface area contributed by atoms with Gasteiger partial charge >= 0.3 is 6.03 Å². The number of carbonyl (C=O) groups excluding carboxylic acids is 2. The number of hydrogen-bond acceptors (Lipinski definition) is 4. The van der Waals surface area contributed by atoms with Gasteiger partial charge in [0.2, 0.25) is 5.91 Å². The highest BCUT2D eigenvalue weighted by atomic mass is 35.5. The largest absolute Gasteiger partial charge is 0.493 e. The molecule has 0 spiro atoms. The van der Waals surface area contributed by atoms with Crippen LogP contribution in [-0.4, -0.2) is 46.5 Å². The first-order valence-electron chi connectivity index (χ1n) is 10.1. The van der Waals surface area contributed by atoms with Crippen LogP contribution in [0, 0.1) is 5.92 Å². The van der Waals surface area contributed by atoms with Gasteiger partial charge in [0.15, 0.2) is 0 Å². The van der Waals surface area contributed by atoms with Crippen molar-refractivity contribution in [1.82, 2.24) is 14.9 Å². The molecule has 0 radical (unpaired) electrons. The van der Waals surface area contributed by atoms with Gasteiger partial charge in [-0.1, -0.05) is 18.0 Å². The predicted molar refractivity (Wildman–Crippen MR) is 113 cm³/mol. The summed E-state index contributed by atoms with van der Waals surface area (Å²) in [6.07, 6.45) is 4.86. The summed E-state index contributed by atoms with van der Waals surface area (Å²) in [4.78, 5) is 24.1. The molecule has 1 saturated heterocycles. The van der Waals surface area contributed by atoms with E-state index < -0.39 is 11.0 Å². The second kappa shape index (κ2) is 10.4. The van der Waals surface area contributed by atoms with Gasteiger partial charge in [0.1, 0.15) is 12.3 Å². The molecule has 3 amide bonds. The fourth-order valence-electron chi connectivity index (χ4n) is 3.12. The summed E-state index contributed by atoms with van der Waals surface area (Å²) in [5.74, 6) is 1.70. The van der Waals surface area contributed by atoms with Crippen molar-refractivity contribution in [2.24, 2.45) is 5.92 Å². The van der Waals surface area contributed by atoms with Gasteiger partial charge in [-0.15, -0.1) is 0 Å². The molecule has 160 valence electrons. The third kappa shape index (κ3) is 7.28. The quantitative estimate of drug-likeness (QED) is 0.385. The van der Waals surface area contributed by atoms with Crippen LogP contribution in [0.3, 0.4) is 0 Å². The number of unbranched alkanes of at least 4 members (excludes halogenated alkanes) is 2. The predicted octanol–water partition coefficient (Wildman–Crippen LogP) is 3.17. The minimum atomic E-state index is -1.16. The number of benzene rings is 1. The highest BCUT2D eigenvalue weighted by Gasteiger charge is 2.25. The lowest BCUT2D eigenvalue weighted by Crippen LogP contribution is -2.29. The normalized spacial score (nSPS) is 18.6. The third-order valence-corrected chi connectivity index (χ3v) is 6.50. The maximum Gasteiger partial charge on any atom is 0.324 e. The standard InChI is InChI=1S/C20H28ClN3O4S/c1-14(16-9-17(21)11-18(10-16)28-13-15-5-6-15)23-29(27)8-4-2-3-7-24-12-19(25)22-20(24)26/h9-11,14-15,23H,2-8,12-13H2,1H3,(H,22,25,26). The molecule has 2 N–H and O–H groups in total. The highest BCUT2D eigenvalue weighted by Crippen LogP contribution is 2.31. The van der Waals surface area contributed by atoms with Gasteiger partial charge in [0.25, 0.3) is 0 Å². The molecule has 2 atom stereocenters. The van der Waals surface area contributed by atoms with Crippen molar-refractivity contribution in [3.8, 4) is 5.75 Å². The van der Waals surface area contributed by atoms with Crippen molar-refractivity contribution in [3.63, 3.8) is 0 Å². The van der Waals surface area contributed by atoms with E-state index in [1.54, 1.807) is 0 Å². The van der Waals surface area contributed by atoms with Gasteiger partial charge in [-0.05, 0) is 62.3 Å². The second-order valence-electron chi connectivity index (χ2n) is 7.70. The molecule has 1 saturated carbocycles. The molecule has 1 aromatic rings. The summed E-state index contributed by atoms with van der Waals surface area (Å²) < 4.78 is 21.3. The van der Waals surface area contributed by atoms with Crippen molar-refractivity contribution in [2.45, 2.75) is 45.1 Å². The average molecular weight is 442 g/mol. The molecule has 1 heterocycles. The number of imide groups is 1. The molecule has 0 bridgehead atoms. The molecule has 9 heteroatoms. The van der Waals surface area contributed by atoms with Gasteiger partial charge in [0.05, 0.1) is 17.6 Å². The van der Waals surface area contributed by atoms with E-state index in [-0.39, 0.29) is 24.5 Å². The zero-order chi connectivity index (χ0) is 20.8. The highest BCUT2D eigenvalue weighted by molar-refractivity contribution is 7.83. The van der Waals surface area contributed by atoms with E-state index in [4.69, 9.17) is 16.3 Å². The fraction of sp³-hybridized carbons (Fsp3) is 0.600. The van der Waals surface area contributed by atoms with E-state index in [2.05, 4.69) is 10.0 Å². The number of nitrogens with zero attached hydrogens (tertiary/aromatic N) is 1. The van der Waals surface area contributed by atoms with Crippen LogP contribution >= 0.6 is 11.6 Å². The van der Waals surface area contributed by atoms with Crippen LogP contribution in [0.4, 0.5) is 4.79 Å². The number of carbonyl (C=O) groups is 2. The lowest BCUT2D eigenvalue weighted by molar-refractivity contribution is -0.118. The van der Waals surface area contributed by atoms with Crippen LogP contribution in [0.5, 0.6) is 5.75 Å². The van der Waals surface area contributed by atoms with E-state index in [0.717, 1.165) is 37.2 Å². The number of amides is 3. The summed E-state index contributed by atoms with van der Waals surface area (Å²) in [6.45, 7) is 3.36. The van der Waals surface area contributed by atoms with Gasteiger partial charge in [-0.25, -0.2) is 13.7 Å². The number of rotatable bonds is 12. The number of urea groups is 1. The number of nitrogens with one attached hydrogen (secondary N) is 2. The summed E-state index contributed by atoms with van der Waals surface area (Å²) in [7, 11) is -1.16. The van der Waals surface area contributed by atoms with Crippen molar-refractivity contribution >= 4 is 34.5 Å². The van der Waals surface area contributed by atoms with Crippen LogP contribution < -0.4 is 14.8 Å². The van der Waals surface area contributed by atoms with E-state index in [0.29, 0.717) is 23.2 Å². The molecule has 1 aliphatic carbocycles. The van der Waals surface area contributed by atoms with Crippen molar-refractivity contribution in [3.05, 3.63) is 28.8 Å². The lowest BCUT2D eigenvalue weighted by atomic mass is 10.1. The fourth-order valence-corrected chi connectivity index (χ4v) is 4.46. The smallest absolute Gasteiger partial charge is 0.324 e. The lowest BCUT2D eigenvalue weighted by Gasteiger charge is -2.16. The Labute approximate surface area is 179 Å². The van der Waals surface area contributed by atoms with E-state index in [1.165, 1.54) is 17.7 Å². The Morgan fingerprint density at radius 3 is 2.76 bits per heavy atom. The zero-order valence-corrected chi connectivity index (χ0v) is 18.2. The molecule has 2 fully saturated rings. The topological polar surface area (TPSA) is 87.7 Å². The Balaban J connectivity index is 1.36. The van der Waals surface area contributed by atoms with Crippen molar-refractivity contribution in [2.75, 3.05) is 25.4 Å². The van der Waals surface area contributed by atoms with E-state index in [1.807, 2.05) is 25.1 Å². The summed E-state index contributed by atoms with van der Waals surface area (Å²) in [6, 6.07) is 5.19. The number of halogens is 1. The maximum absolute atomic E-state index is 12.4. The first-order valence-corrected chi connectivity index (χ1v) is 11.8. The zero-order valence-electron chi connectivity index (χ0n) is 16.6. The molecule has 29 heavy (non-hydrogen) atoms. The van der Waals surface area contributed by atoms with Crippen molar-refractivity contribution < 1.29 is 18.5 Å². The van der Waals surface area contributed by atoms with Gasteiger partial charge < -0.3 is 9.64 Å². The van der Waals surface area contributed by atoms with Crippen LogP contribution in [0.15, 0.2) is 18.2 Å². The molecule has 1 aliphatic heterocycles. The monoisotopic (exact) mass is 441 g/mol. The first-order chi connectivity index (χ1) is 13.9. The van der Waals surface area contributed by atoms with Gasteiger partial charge in [-0.3, -0.25) is 10.1 Å². The Morgan fingerprint density at radius 1 is 1.28 bits per heavy atom. The SMILES string of the molecule is CC(NS(=O)CCCCCN1CC(=O)NC1=O)c1cc(Cl)cc(OCC2CC2)c1. The van der Waals surface area contributed by atoms with E-state index >= 15 is 0 Å². The Kier molecular flexibility index (Phi) is 7.91. The molecule has 2 aliphatic rings. The van der Waals surface area contributed by atoms with Gasteiger partial charge in [0, 0.05) is 23.4 Å². The summed E-state index contributed by atoms with van der Waals surface area (Å²) >= 11 is 6.22. The van der Waals surface area contributed by atoms with Crippen LogP contribution in [0.2, 0.25) is 5.02 Å². The second-order valence-corrected chi connectivity index (χ2v) is 9.47. The molecule has 2 unspecified atom stereocenters. The average Bonchev–Trinajstić information content (AvgIpc) is 3.43. The molecule has 7 nitrogen and oxygen atoms in total. The minimum Gasteiger partial charge on any atom is -0.493 e. The molecular formula is C20H28ClN3O4S. The van der Waals surface area contributed by atoms with Gasteiger partial charge in [-0.2, -0.15) is 0 Å². The summed E-state index contributed by atoms with van der Waals surface area (Å²) in [5.41, 5.74) is 0.946. The first kappa shape index (κ1) is 22.1. The number of hydrogen-bond donors (Lipinski definition) is 2.